The van der Waals surface area contributed by atoms with Crippen LogP contribution in [0.15, 0.2) is 24.3 Å². The number of likely N-dealkylation sites (tertiary alicyclic amines) is 1. The van der Waals surface area contributed by atoms with Gasteiger partial charge in [0.25, 0.3) is 0 Å². The van der Waals surface area contributed by atoms with Crippen molar-refractivity contribution < 1.29 is 9.59 Å². The maximum Gasteiger partial charge on any atom is 0.317 e. The molecular weight excluding hydrogens is 372 g/mol. The lowest BCUT2D eigenvalue weighted by Gasteiger charge is -2.27. The maximum atomic E-state index is 12.8. The first-order valence-electron chi connectivity index (χ1n) is 10.3. The van der Waals surface area contributed by atoms with Gasteiger partial charge >= 0.3 is 6.03 Å². The molecule has 2 aromatic rings. The van der Waals surface area contributed by atoms with Crippen LogP contribution in [0, 0.1) is 11.8 Å². The SMILES string of the molecule is CCNC(=O)N1[C@@H]2CC[C@H]1[C@H]1CN(C(=O)CCc3nc4ccccc4s3)C[C@H]12. The normalized spacial score (nSPS) is 28.2. The Morgan fingerprint density at radius 3 is 2.57 bits per heavy atom. The summed E-state index contributed by atoms with van der Waals surface area (Å²) in [5, 5.41) is 4.00. The van der Waals surface area contributed by atoms with Gasteiger partial charge < -0.3 is 15.1 Å². The van der Waals surface area contributed by atoms with Gasteiger partial charge in [-0.1, -0.05) is 12.1 Å². The zero-order valence-corrected chi connectivity index (χ0v) is 17.0. The molecule has 3 aliphatic rings. The quantitative estimate of drug-likeness (QED) is 0.861. The Balaban J connectivity index is 1.20. The third kappa shape index (κ3) is 2.87. The van der Waals surface area contributed by atoms with Gasteiger partial charge in [0.15, 0.2) is 0 Å². The molecule has 3 amide bonds. The fourth-order valence-corrected chi connectivity index (χ4v) is 6.49. The van der Waals surface area contributed by atoms with Crippen molar-refractivity contribution in [2.24, 2.45) is 11.8 Å². The van der Waals surface area contributed by atoms with E-state index < -0.39 is 0 Å². The molecule has 6 nitrogen and oxygen atoms in total. The highest BCUT2D eigenvalue weighted by Crippen LogP contribution is 2.49. The standard InChI is InChI=1S/C21H26N4O2S/c1-2-22-21(27)25-16-7-8-17(25)14-12-24(11-13(14)16)20(26)10-9-19-23-15-5-3-4-6-18(15)28-19/h3-6,13-14,16-17H,2,7-12H2,1H3,(H,22,27)/t13-,14+,16-,17+. The molecule has 0 saturated carbocycles. The summed E-state index contributed by atoms with van der Waals surface area (Å²) in [6.07, 6.45) is 3.39. The van der Waals surface area contributed by atoms with Crippen molar-refractivity contribution in [1.29, 1.82) is 0 Å². The van der Waals surface area contributed by atoms with Gasteiger partial charge in [-0.2, -0.15) is 0 Å². The molecule has 4 heterocycles. The fourth-order valence-electron chi connectivity index (χ4n) is 5.52. The Bertz CT molecular complexity index is 860. The van der Waals surface area contributed by atoms with Crippen LogP contribution >= 0.6 is 11.3 Å². The van der Waals surface area contributed by atoms with Crippen LogP contribution in [0.4, 0.5) is 4.79 Å². The zero-order chi connectivity index (χ0) is 19.3. The van der Waals surface area contributed by atoms with Gasteiger partial charge in [-0.05, 0) is 31.9 Å². The molecule has 7 heteroatoms. The van der Waals surface area contributed by atoms with E-state index >= 15 is 0 Å². The number of rotatable bonds is 4. The second-order valence-electron chi connectivity index (χ2n) is 8.16. The number of carbonyl (C=O) groups excluding carboxylic acids is 2. The first-order valence-corrected chi connectivity index (χ1v) is 11.2. The number of nitrogens with zero attached hydrogens (tertiary/aromatic N) is 3. The molecule has 0 spiro atoms. The van der Waals surface area contributed by atoms with Crippen LogP contribution in [0.25, 0.3) is 10.2 Å². The van der Waals surface area contributed by atoms with Crippen LogP contribution in [-0.4, -0.2) is 58.4 Å². The largest absolute Gasteiger partial charge is 0.342 e. The molecule has 0 aliphatic carbocycles. The number of fused-ring (bicyclic) bond motifs is 6. The summed E-state index contributed by atoms with van der Waals surface area (Å²) in [7, 11) is 0. The molecule has 28 heavy (non-hydrogen) atoms. The van der Waals surface area contributed by atoms with Crippen molar-refractivity contribution in [1.82, 2.24) is 20.1 Å². The van der Waals surface area contributed by atoms with Crippen molar-refractivity contribution in [2.45, 2.75) is 44.7 Å². The van der Waals surface area contributed by atoms with Crippen LogP contribution in [-0.2, 0) is 11.2 Å². The van der Waals surface area contributed by atoms with E-state index in [1.165, 1.54) is 4.70 Å². The predicted molar refractivity (Wildman–Crippen MR) is 109 cm³/mol. The van der Waals surface area contributed by atoms with E-state index in [1.807, 2.05) is 30.0 Å². The third-order valence-corrected chi connectivity index (χ3v) is 7.78. The molecular formula is C21H26N4O2S. The molecule has 1 aromatic heterocycles. The van der Waals surface area contributed by atoms with E-state index in [9.17, 15) is 9.59 Å². The van der Waals surface area contributed by atoms with Crippen LogP contribution in [0.2, 0.25) is 0 Å². The second-order valence-corrected chi connectivity index (χ2v) is 9.27. The molecule has 1 N–H and O–H groups in total. The number of hydrogen-bond acceptors (Lipinski definition) is 4. The molecule has 1 aromatic carbocycles. The van der Waals surface area contributed by atoms with Crippen molar-refractivity contribution in [3.05, 3.63) is 29.3 Å². The van der Waals surface area contributed by atoms with Gasteiger partial charge in [-0.25, -0.2) is 9.78 Å². The Hall–Kier alpha value is -2.15. The van der Waals surface area contributed by atoms with Crippen LogP contribution in [0.3, 0.4) is 0 Å². The number of para-hydroxylation sites is 1. The molecule has 3 aliphatic heterocycles. The Morgan fingerprint density at radius 2 is 1.89 bits per heavy atom. The summed E-state index contributed by atoms with van der Waals surface area (Å²) >= 11 is 1.68. The minimum absolute atomic E-state index is 0.0816. The Kier molecular flexibility index (Phi) is 4.50. The average Bonchev–Trinajstić information content (AvgIpc) is 3.45. The molecule has 3 saturated heterocycles. The van der Waals surface area contributed by atoms with Crippen molar-refractivity contribution in [3.63, 3.8) is 0 Å². The van der Waals surface area contributed by atoms with E-state index in [0.717, 1.165) is 36.5 Å². The van der Waals surface area contributed by atoms with E-state index in [0.29, 0.717) is 43.3 Å². The highest BCUT2D eigenvalue weighted by atomic mass is 32.1. The van der Waals surface area contributed by atoms with Crippen LogP contribution in [0.5, 0.6) is 0 Å². The van der Waals surface area contributed by atoms with Gasteiger partial charge in [0, 0.05) is 56.4 Å². The molecule has 5 rings (SSSR count). The van der Waals surface area contributed by atoms with Crippen molar-refractivity contribution >= 4 is 33.5 Å². The van der Waals surface area contributed by atoms with E-state index in [-0.39, 0.29) is 11.9 Å². The highest BCUT2D eigenvalue weighted by molar-refractivity contribution is 7.18. The zero-order valence-electron chi connectivity index (χ0n) is 16.1. The summed E-state index contributed by atoms with van der Waals surface area (Å²) < 4.78 is 1.18. The monoisotopic (exact) mass is 398 g/mol. The van der Waals surface area contributed by atoms with Gasteiger partial charge in [0.05, 0.1) is 15.2 Å². The number of thiazole rings is 1. The smallest absolute Gasteiger partial charge is 0.317 e. The molecule has 4 atom stereocenters. The summed E-state index contributed by atoms with van der Waals surface area (Å²) in [6.45, 7) is 4.24. The fraction of sp³-hybridized carbons (Fsp3) is 0.571. The highest BCUT2D eigenvalue weighted by Gasteiger charge is 2.58. The van der Waals surface area contributed by atoms with E-state index in [4.69, 9.17) is 0 Å². The molecule has 148 valence electrons. The summed E-state index contributed by atoms with van der Waals surface area (Å²) in [4.78, 5) is 34.0. The first kappa shape index (κ1) is 17.9. The first-order chi connectivity index (χ1) is 13.7. The number of aromatic nitrogens is 1. The Morgan fingerprint density at radius 1 is 1.18 bits per heavy atom. The third-order valence-electron chi connectivity index (χ3n) is 6.68. The summed E-state index contributed by atoms with van der Waals surface area (Å²) in [5.41, 5.74) is 1.02. The topological polar surface area (TPSA) is 65.5 Å². The molecule has 3 fully saturated rings. The number of amides is 3. The van der Waals surface area contributed by atoms with Gasteiger partial charge in [0.2, 0.25) is 5.91 Å². The van der Waals surface area contributed by atoms with E-state index in [2.05, 4.69) is 21.3 Å². The molecule has 2 bridgehead atoms. The van der Waals surface area contributed by atoms with Gasteiger partial charge in [0.1, 0.15) is 0 Å². The second kappa shape index (κ2) is 7.03. The minimum atomic E-state index is 0.0816. The van der Waals surface area contributed by atoms with Crippen LogP contribution < -0.4 is 5.32 Å². The number of aryl methyl sites for hydroxylation is 1. The Labute approximate surface area is 168 Å². The van der Waals surface area contributed by atoms with Crippen molar-refractivity contribution in [2.75, 3.05) is 19.6 Å². The van der Waals surface area contributed by atoms with Gasteiger partial charge in [-0.15, -0.1) is 11.3 Å². The van der Waals surface area contributed by atoms with Crippen molar-refractivity contribution in [3.8, 4) is 0 Å². The number of nitrogens with one attached hydrogen (secondary N) is 1. The van der Waals surface area contributed by atoms with Crippen LogP contribution in [0.1, 0.15) is 31.2 Å². The summed E-state index contributed by atoms with van der Waals surface area (Å²) in [6, 6.07) is 8.82. The number of benzene rings is 1. The van der Waals surface area contributed by atoms with E-state index in [1.54, 1.807) is 11.3 Å². The minimum Gasteiger partial charge on any atom is -0.342 e. The molecule has 0 radical (unpaired) electrons. The number of carbonyl (C=O) groups is 2. The number of hydrogen-bond donors (Lipinski definition) is 1. The lowest BCUT2D eigenvalue weighted by molar-refractivity contribution is -0.130. The lowest BCUT2D eigenvalue weighted by atomic mass is 9.82. The summed E-state index contributed by atoms with van der Waals surface area (Å²) in [5.74, 6) is 1.14. The lowest BCUT2D eigenvalue weighted by Crippen LogP contribution is -2.46. The predicted octanol–water partition coefficient (Wildman–Crippen LogP) is 2.88. The van der Waals surface area contributed by atoms with Gasteiger partial charge in [-0.3, -0.25) is 4.79 Å². The maximum absolute atomic E-state index is 12.8. The molecule has 0 unspecified atom stereocenters. The average molecular weight is 399 g/mol. The number of urea groups is 1.